The molecule has 120 valence electrons. The monoisotopic (exact) mass is 329 g/mol. The minimum Gasteiger partial charge on any atom is -0.351 e. The Kier molecular flexibility index (Phi) is 4.38. The van der Waals surface area contributed by atoms with Crippen LogP contribution in [0.1, 0.15) is 39.0 Å². The van der Waals surface area contributed by atoms with Crippen LogP contribution in [0.4, 0.5) is 0 Å². The van der Waals surface area contributed by atoms with Crippen molar-refractivity contribution >= 4 is 22.9 Å². The first-order chi connectivity index (χ1) is 11.0. The summed E-state index contributed by atoms with van der Waals surface area (Å²) in [5.74, 6) is -0.148. The number of aromatic nitrogens is 4. The third-order valence-corrected chi connectivity index (χ3v) is 4.51. The third-order valence-electron chi connectivity index (χ3n) is 3.48. The van der Waals surface area contributed by atoms with Crippen molar-refractivity contribution in [1.29, 1.82) is 0 Å². The van der Waals surface area contributed by atoms with Crippen LogP contribution in [0.3, 0.4) is 0 Å². The maximum atomic E-state index is 12.2. The molecule has 1 amide bonds. The maximum Gasteiger partial charge on any atom is 0.270 e. The summed E-state index contributed by atoms with van der Waals surface area (Å²) < 4.78 is 1.75. The number of hydrogen-bond acceptors (Lipinski definition) is 5. The number of nitrogens with zero attached hydrogens (tertiary/aromatic N) is 4. The van der Waals surface area contributed by atoms with E-state index in [-0.39, 0.29) is 5.91 Å². The van der Waals surface area contributed by atoms with Crippen LogP contribution in [0, 0.1) is 20.8 Å². The molecule has 23 heavy (non-hydrogen) atoms. The zero-order valence-electron chi connectivity index (χ0n) is 13.5. The van der Waals surface area contributed by atoms with Gasteiger partial charge in [0.25, 0.3) is 5.91 Å². The molecule has 0 bridgehead atoms. The van der Waals surface area contributed by atoms with Gasteiger partial charge >= 0.3 is 0 Å². The number of aryl methyl sites for hydroxylation is 4. The highest BCUT2D eigenvalue weighted by atomic mass is 32.1. The van der Waals surface area contributed by atoms with Crippen molar-refractivity contribution in [3.8, 4) is 0 Å². The minimum absolute atomic E-state index is 0.148. The predicted molar refractivity (Wildman–Crippen MR) is 90.0 cm³/mol. The van der Waals surface area contributed by atoms with E-state index in [9.17, 15) is 4.79 Å². The van der Waals surface area contributed by atoms with Crippen LogP contribution < -0.4 is 5.32 Å². The molecule has 0 unspecified atom stereocenters. The number of rotatable bonds is 5. The van der Waals surface area contributed by atoms with Crippen LogP contribution >= 0.6 is 11.3 Å². The van der Waals surface area contributed by atoms with E-state index in [0.717, 1.165) is 34.9 Å². The first kappa shape index (κ1) is 15.6. The van der Waals surface area contributed by atoms with Crippen LogP contribution in [0.5, 0.6) is 0 Å². The number of carbonyl (C=O) groups is 1. The lowest BCUT2D eigenvalue weighted by Gasteiger charge is -2.06. The van der Waals surface area contributed by atoms with Crippen molar-refractivity contribution in [1.82, 2.24) is 24.9 Å². The first-order valence-electron chi connectivity index (χ1n) is 7.56. The summed E-state index contributed by atoms with van der Waals surface area (Å²) in [5.41, 5.74) is 3.97. The molecule has 7 heteroatoms. The third kappa shape index (κ3) is 3.56. The Morgan fingerprint density at radius 3 is 2.78 bits per heavy atom. The molecule has 0 spiro atoms. The highest BCUT2D eigenvalue weighted by Crippen LogP contribution is 2.11. The van der Waals surface area contributed by atoms with Gasteiger partial charge in [0.1, 0.15) is 5.69 Å². The van der Waals surface area contributed by atoms with Gasteiger partial charge in [-0.25, -0.2) is 14.5 Å². The maximum absolute atomic E-state index is 12.2. The van der Waals surface area contributed by atoms with Crippen LogP contribution in [0.2, 0.25) is 0 Å². The second kappa shape index (κ2) is 6.45. The summed E-state index contributed by atoms with van der Waals surface area (Å²) in [7, 11) is 0. The van der Waals surface area contributed by atoms with E-state index in [1.807, 2.05) is 32.2 Å². The summed E-state index contributed by atoms with van der Waals surface area (Å²) in [4.78, 5) is 21.0. The van der Waals surface area contributed by atoms with E-state index in [2.05, 4.69) is 20.4 Å². The Morgan fingerprint density at radius 1 is 1.22 bits per heavy atom. The molecule has 0 radical (unpaired) electrons. The molecule has 0 saturated carbocycles. The number of thiazole rings is 1. The summed E-state index contributed by atoms with van der Waals surface area (Å²) in [6.07, 6.45) is 1.75. The van der Waals surface area contributed by atoms with Gasteiger partial charge in [-0.15, -0.1) is 11.3 Å². The molecule has 0 atom stereocenters. The van der Waals surface area contributed by atoms with Crippen molar-refractivity contribution in [2.75, 3.05) is 6.54 Å². The first-order valence-corrected chi connectivity index (χ1v) is 8.44. The summed E-state index contributed by atoms with van der Waals surface area (Å²) in [6.45, 7) is 6.43. The SMILES string of the molecule is Cc1csc(CCCNC(=O)c2cc(C)n3nc(C)cc3n2)n1. The number of amides is 1. The fraction of sp³-hybridized carbons (Fsp3) is 0.375. The summed E-state index contributed by atoms with van der Waals surface area (Å²) in [6, 6.07) is 3.63. The van der Waals surface area contributed by atoms with Gasteiger partial charge in [-0.3, -0.25) is 4.79 Å². The van der Waals surface area contributed by atoms with Crippen molar-refractivity contribution in [2.45, 2.75) is 33.6 Å². The second-order valence-electron chi connectivity index (χ2n) is 5.58. The molecular weight excluding hydrogens is 310 g/mol. The van der Waals surface area contributed by atoms with Crippen molar-refractivity contribution in [3.05, 3.63) is 45.3 Å². The lowest BCUT2D eigenvalue weighted by molar-refractivity contribution is 0.0948. The molecule has 3 aromatic heterocycles. The van der Waals surface area contributed by atoms with Gasteiger partial charge in [0.2, 0.25) is 0 Å². The van der Waals surface area contributed by atoms with E-state index in [1.54, 1.807) is 21.9 Å². The normalized spacial score (nSPS) is 11.1. The Hall–Kier alpha value is -2.28. The molecule has 0 aliphatic heterocycles. The van der Waals surface area contributed by atoms with E-state index in [4.69, 9.17) is 0 Å². The molecule has 0 fully saturated rings. The van der Waals surface area contributed by atoms with Gasteiger partial charge in [0.05, 0.1) is 10.7 Å². The highest BCUT2D eigenvalue weighted by Gasteiger charge is 2.11. The van der Waals surface area contributed by atoms with E-state index in [0.29, 0.717) is 17.9 Å². The van der Waals surface area contributed by atoms with E-state index >= 15 is 0 Å². The average Bonchev–Trinajstić information content (AvgIpc) is 3.08. The van der Waals surface area contributed by atoms with Crippen LogP contribution in [0.15, 0.2) is 17.5 Å². The number of nitrogens with one attached hydrogen (secondary N) is 1. The molecule has 0 aromatic carbocycles. The number of fused-ring (bicyclic) bond motifs is 1. The molecule has 3 aromatic rings. The highest BCUT2D eigenvalue weighted by molar-refractivity contribution is 7.09. The zero-order chi connectivity index (χ0) is 16.4. The van der Waals surface area contributed by atoms with Gasteiger partial charge in [0.15, 0.2) is 5.65 Å². The molecule has 3 heterocycles. The fourth-order valence-electron chi connectivity index (χ4n) is 2.41. The smallest absolute Gasteiger partial charge is 0.270 e. The summed E-state index contributed by atoms with van der Waals surface area (Å²) >= 11 is 1.66. The van der Waals surface area contributed by atoms with Crippen molar-refractivity contribution in [2.24, 2.45) is 0 Å². The molecule has 0 aliphatic rings. The molecule has 3 rings (SSSR count). The molecular formula is C16H19N5OS. The van der Waals surface area contributed by atoms with Gasteiger partial charge in [-0.1, -0.05) is 0 Å². The van der Waals surface area contributed by atoms with Gasteiger partial charge in [-0.05, 0) is 33.3 Å². The zero-order valence-corrected chi connectivity index (χ0v) is 14.3. The fourth-order valence-corrected chi connectivity index (χ4v) is 3.22. The Labute approximate surface area is 138 Å². The largest absolute Gasteiger partial charge is 0.351 e. The van der Waals surface area contributed by atoms with E-state index in [1.165, 1.54) is 0 Å². The molecule has 0 saturated heterocycles. The molecule has 0 aliphatic carbocycles. The lowest BCUT2D eigenvalue weighted by Crippen LogP contribution is -2.26. The topological polar surface area (TPSA) is 72.2 Å². The molecule has 1 N–H and O–H groups in total. The van der Waals surface area contributed by atoms with Gasteiger partial charge < -0.3 is 5.32 Å². The number of hydrogen-bond donors (Lipinski definition) is 1. The van der Waals surface area contributed by atoms with Crippen molar-refractivity contribution in [3.63, 3.8) is 0 Å². The second-order valence-corrected chi connectivity index (χ2v) is 6.52. The molecule has 6 nitrogen and oxygen atoms in total. The standard InChI is InChI=1S/C16H19N5OS/c1-10-7-14-19-13(8-12(3)21(14)20-10)16(22)17-6-4-5-15-18-11(2)9-23-15/h7-9H,4-6H2,1-3H3,(H,17,22). The van der Waals surface area contributed by atoms with Gasteiger partial charge in [-0.2, -0.15) is 5.10 Å². The Morgan fingerprint density at radius 2 is 2.04 bits per heavy atom. The Bertz CT molecular complexity index is 851. The predicted octanol–water partition coefficient (Wildman–Crippen LogP) is 2.47. The average molecular weight is 329 g/mol. The van der Waals surface area contributed by atoms with E-state index < -0.39 is 0 Å². The minimum atomic E-state index is -0.148. The van der Waals surface area contributed by atoms with Crippen LogP contribution in [-0.4, -0.2) is 32.0 Å². The van der Waals surface area contributed by atoms with Crippen LogP contribution in [-0.2, 0) is 6.42 Å². The lowest BCUT2D eigenvalue weighted by atomic mass is 10.3. The van der Waals surface area contributed by atoms with Gasteiger partial charge in [0, 0.05) is 35.8 Å². The number of carbonyl (C=O) groups excluding carboxylic acids is 1. The summed E-state index contributed by atoms with van der Waals surface area (Å²) in [5, 5.41) is 10.4. The van der Waals surface area contributed by atoms with Crippen LogP contribution in [0.25, 0.3) is 5.65 Å². The Balaban J connectivity index is 1.59. The van der Waals surface area contributed by atoms with Crippen molar-refractivity contribution < 1.29 is 4.79 Å². The quantitative estimate of drug-likeness (QED) is 0.730.